The summed E-state index contributed by atoms with van der Waals surface area (Å²) in [4.78, 5) is 22.7. The molecule has 0 saturated carbocycles. The van der Waals surface area contributed by atoms with Gasteiger partial charge in [-0.3, -0.25) is 0 Å². The van der Waals surface area contributed by atoms with Crippen LogP contribution in [0.4, 0.5) is 16.3 Å². The van der Waals surface area contributed by atoms with Crippen LogP contribution in [0.1, 0.15) is 11.5 Å². The highest BCUT2D eigenvalue weighted by Gasteiger charge is 2.10. The monoisotopic (exact) mass is 349 g/mol. The maximum absolute atomic E-state index is 12.1. The van der Waals surface area contributed by atoms with Crippen molar-refractivity contribution < 1.29 is 9.53 Å². The SMILES string of the molecule is COc1ccc(Cl)cc1NC(=O)NCc1nc(C)cc(N(C)C)n1. The molecule has 2 aromatic rings. The molecule has 0 radical (unpaired) electrons. The lowest BCUT2D eigenvalue weighted by atomic mass is 10.3. The number of urea groups is 1. The summed E-state index contributed by atoms with van der Waals surface area (Å²) in [6.07, 6.45) is 0. The first kappa shape index (κ1) is 17.8. The molecule has 24 heavy (non-hydrogen) atoms. The lowest BCUT2D eigenvalue weighted by Gasteiger charge is -2.14. The Kier molecular flexibility index (Phi) is 5.81. The predicted molar refractivity (Wildman–Crippen MR) is 95.0 cm³/mol. The van der Waals surface area contributed by atoms with Gasteiger partial charge in [0.1, 0.15) is 17.4 Å². The number of carbonyl (C=O) groups is 1. The first-order valence-electron chi connectivity index (χ1n) is 7.29. The van der Waals surface area contributed by atoms with Crippen LogP contribution in [-0.2, 0) is 6.54 Å². The van der Waals surface area contributed by atoms with Crippen LogP contribution in [-0.4, -0.2) is 37.2 Å². The molecule has 2 amide bonds. The van der Waals surface area contributed by atoms with Crippen molar-refractivity contribution in [3.63, 3.8) is 0 Å². The van der Waals surface area contributed by atoms with Crippen LogP contribution in [0.2, 0.25) is 5.02 Å². The third-order valence-corrected chi connectivity index (χ3v) is 3.40. The molecule has 0 aliphatic heterocycles. The molecule has 0 unspecified atom stereocenters. The first-order valence-corrected chi connectivity index (χ1v) is 7.67. The fraction of sp³-hybridized carbons (Fsp3) is 0.312. The molecular weight excluding hydrogens is 330 g/mol. The van der Waals surface area contributed by atoms with E-state index < -0.39 is 6.03 Å². The fourth-order valence-electron chi connectivity index (χ4n) is 2.02. The topological polar surface area (TPSA) is 79.4 Å². The number of nitrogens with one attached hydrogen (secondary N) is 2. The zero-order chi connectivity index (χ0) is 17.7. The van der Waals surface area contributed by atoms with Gasteiger partial charge >= 0.3 is 6.03 Å². The molecule has 0 fully saturated rings. The number of anilines is 2. The van der Waals surface area contributed by atoms with E-state index in [0.29, 0.717) is 22.3 Å². The van der Waals surface area contributed by atoms with Gasteiger partial charge in [0, 0.05) is 30.9 Å². The number of rotatable bonds is 5. The molecule has 0 aliphatic rings. The van der Waals surface area contributed by atoms with Gasteiger partial charge in [-0.05, 0) is 25.1 Å². The quantitative estimate of drug-likeness (QED) is 0.867. The number of amides is 2. The lowest BCUT2D eigenvalue weighted by Crippen LogP contribution is -2.29. The van der Waals surface area contributed by atoms with E-state index in [1.54, 1.807) is 18.2 Å². The van der Waals surface area contributed by atoms with Crippen LogP contribution in [0, 0.1) is 6.92 Å². The molecule has 0 bridgehead atoms. The molecule has 128 valence electrons. The summed E-state index contributed by atoms with van der Waals surface area (Å²) < 4.78 is 5.19. The van der Waals surface area contributed by atoms with Crippen molar-refractivity contribution in [1.29, 1.82) is 0 Å². The van der Waals surface area contributed by atoms with Gasteiger partial charge in [-0.25, -0.2) is 14.8 Å². The molecule has 7 nitrogen and oxygen atoms in total. The standard InChI is InChI=1S/C16H20ClN5O2/c1-10-7-15(22(2)3)21-14(19-10)9-18-16(23)20-12-8-11(17)5-6-13(12)24-4/h5-8H,9H2,1-4H3,(H2,18,20,23). The zero-order valence-corrected chi connectivity index (χ0v) is 14.8. The summed E-state index contributed by atoms with van der Waals surface area (Å²) >= 11 is 5.94. The van der Waals surface area contributed by atoms with Gasteiger partial charge in [0.25, 0.3) is 0 Å². The number of carbonyl (C=O) groups excluding carboxylic acids is 1. The average Bonchev–Trinajstić information content (AvgIpc) is 2.52. The smallest absolute Gasteiger partial charge is 0.319 e. The maximum atomic E-state index is 12.1. The molecule has 0 aliphatic carbocycles. The van der Waals surface area contributed by atoms with Crippen molar-refractivity contribution in [2.24, 2.45) is 0 Å². The molecule has 8 heteroatoms. The van der Waals surface area contributed by atoms with Gasteiger partial charge in [0.2, 0.25) is 0 Å². The second kappa shape index (κ2) is 7.83. The van der Waals surface area contributed by atoms with Crippen LogP contribution >= 0.6 is 11.6 Å². The molecule has 0 saturated heterocycles. The number of hydrogen-bond acceptors (Lipinski definition) is 5. The number of nitrogens with zero attached hydrogens (tertiary/aromatic N) is 3. The first-order chi connectivity index (χ1) is 11.4. The second-order valence-electron chi connectivity index (χ2n) is 5.33. The minimum Gasteiger partial charge on any atom is -0.495 e. The van der Waals surface area contributed by atoms with E-state index in [2.05, 4.69) is 20.6 Å². The van der Waals surface area contributed by atoms with Crippen LogP contribution < -0.4 is 20.3 Å². The normalized spacial score (nSPS) is 10.2. The fourth-order valence-corrected chi connectivity index (χ4v) is 2.20. The summed E-state index contributed by atoms with van der Waals surface area (Å²) in [5, 5.41) is 5.92. The minimum atomic E-state index is -0.396. The van der Waals surface area contributed by atoms with Crippen LogP contribution in [0.5, 0.6) is 5.75 Å². The number of benzene rings is 1. The predicted octanol–water partition coefficient (Wildman–Crippen LogP) is 2.83. The molecule has 1 heterocycles. The van der Waals surface area contributed by atoms with E-state index in [-0.39, 0.29) is 6.54 Å². The Hall–Kier alpha value is -2.54. The molecule has 2 N–H and O–H groups in total. The molecule has 0 atom stereocenters. The summed E-state index contributed by atoms with van der Waals surface area (Å²) in [7, 11) is 5.32. The highest BCUT2D eigenvalue weighted by atomic mass is 35.5. The molecule has 1 aromatic heterocycles. The van der Waals surface area contributed by atoms with Crippen molar-refractivity contribution in [2.75, 3.05) is 31.4 Å². The van der Waals surface area contributed by atoms with Gasteiger partial charge in [-0.2, -0.15) is 0 Å². The summed E-state index contributed by atoms with van der Waals surface area (Å²) in [5.41, 5.74) is 1.32. The number of aromatic nitrogens is 2. The van der Waals surface area contributed by atoms with Gasteiger partial charge in [-0.1, -0.05) is 11.6 Å². The van der Waals surface area contributed by atoms with E-state index in [9.17, 15) is 4.79 Å². The van der Waals surface area contributed by atoms with E-state index >= 15 is 0 Å². The van der Waals surface area contributed by atoms with Gasteiger partial charge in [0.15, 0.2) is 0 Å². The highest BCUT2D eigenvalue weighted by molar-refractivity contribution is 6.31. The van der Waals surface area contributed by atoms with E-state index in [1.807, 2.05) is 32.0 Å². The van der Waals surface area contributed by atoms with Gasteiger partial charge in [0.05, 0.1) is 19.3 Å². The van der Waals surface area contributed by atoms with Crippen LogP contribution in [0.15, 0.2) is 24.3 Å². The summed E-state index contributed by atoms with van der Waals surface area (Å²) in [6, 6.07) is 6.47. The van der Waals surface area contributed by atoms with Gasteiger partial charge in [-0.15, -0.1) is 0 Å². The Morgan fingerprint density at radius 3 is 2.71 bits per heavy atom. The van der Waals surface area contributed by atoms with E-state index in [0.717, 1.165) is 11.5 Å². The summed E-state index contributed by atoms with van der Waals surface area (Å²) in [5.74, 6) is 1.85. The maximum Gasteiger partial charge on any atom is 0.319 e. The van der Waals surface area contributed by atoms with Crippen molar-refractivity contribution in [1.82, 2.24) is 15.3 Å². The molecule has 2 rings (SSSR count). The van der Waals surface area contributed by atoms with Gasteiger partial charge < -0.3 is 20.3 Å². The molecule has 0 spiro atoms. The molecule has 1 aromatic carbocycles. The lowest BCUT2D eigenvalue weighted by molar-refractivity contribution is 0.251. The van der Waals surface area contributed by atoms with Crippen LogP contribution in [0.25, 0.3) is 0 Å². The number of halogens is 1. The number of ether oxygens (including phenoxy) is 1. The zero-order valence-electron chi connectivity index (χ0n) is 14.1. The summed E-state index contributed by atoms with van der Waals surface area (Å²) in [6.45, 7) is 2.09. The van der Waals surface area contributed by atoms with Crippen molar-refractivity contribution >= 4 is 29.1 Å². The third-order valence-electron chi connectivity index (χ3n) is 3.16. The minimum absolute atomic E-state index is 0.206. The number of aryl methyl sites for hydroxylation is 1. The Bertz CT molecular complexity index is 736. The second-order valence-corrected chi connectivity index (χ2v) is 5.77. The van der Waals surface area contributed by atoms with E-state index in [1.165, 1.54) is 7.11 Å². The largest absolute Gasteiger partial charge is 0.495 e. The Labute approximate surface area is 146 Å². The Balaban J connectivity index is 2.03. The Morgan fingerprint density at radius 2 is 2.04 bits per heavy atom. The number of methoxy groups -OCH3 is 1. The number of hydrogen-bond donors (Lipinski definition) is 2. The average molecular weight is 350 g/mol. The Morgan fingerprint density at radius 1 is 1.29 bits per heavy atom. The van der Waals surface area contributed by atoms with Crippen LogP contribution in [0.3, 0.4) is 0 Å². The van der Waals surface area contributed by atoms with Crippen molar-refractivity contribution in [2.45, 2.75) is 13.5 Å². The van der Waals surface area contributed by atoms with Crippen molar-refractivity contribution in [3.8, 4) is 5.75 Å². The van der Waals surface area contributed by atoms with Crippen molar-refractivity contribution in [3.05, 3.63) is 40.8 Å². The third kappa shape index (κ3) is 4.73. The van der Waals surface area contributed by atoms with E-state index in [4.69, 9.17) is 16.3 Å². The highest BCUT2D eigenvalue weighted by Crippen LogP contribution is 2.27. The molecular formula is C16H20ClN5O2.